The quantitative estimate of drug-likeness (QED) is 0.0376. The van der Waals surface area contributed by atoms with Gasteiger partial charge in [-0.05, 0) is 38.5 Å². The first-order valence-electron chi connectivity index (χ1n) is 15.5. The molecule has 1 saturated heterocycles. The number of carbonyl (C=O) groups excluding carboxylic acids is 2. The van der Waals surface area contributed by atoms with Crippen LogP contribution in [0.1, 0.15) is 26.5 Å². The molecule has 2 amide bonds. The summed E-state index contributed by atoms with van der Waals surface area (Å²) in [6.45, 7) is 9.57. The fourth-order valence-electron chi connectivity index (χ4n) is 4.62. The van der Waals surface area contributed by atoms with Gasteiger partial charge in [0.25, 0.3) is 12.4 Å². The van der Waals surface area contributed by atoms with E-state index in [1.54, 1.807) is 0 Å². The minimum Gasteiger partial charge on any atom is -0.490 e. The highest BCUT2D eigenvalue weighted by atomic mass is 32.3. The number of hydroxylamine groups is 2. The minimum absolute atomic E-state index is 0.0172. The Labute approximate surface area is 299 Å². The molecule has 19 nitrogen and oxygen atoms in total. The van der Waals surface area contributed by atoms with Crippen molar-refractivity contribution in [1.29, 1.82) is 0 Å². The molecule has 0 radical (unpaired) electrons. The number of quaternary nitrogens is 1. The van der Waals surface area contributed by atoms with Crippen molar-refractivity contribution in [3.05, 3.63) is 47.7 Å². The predicted octanol–water partition coefficient (Wildman–Crippen LogP) is 1.04. The van der Waals surface area contributed by atoms with Crippen molar-refractivity contribution < 1.29 is 55.5 Å². The maximum absolute atomic E-state index is 13.2. The van der Waals surface area contributed by atoms with Crippen LogP contribution in [0.15, 0.2) is 47.2 Å². The Morgan fingerprint density at radius 1 is 1.24 bits per heavy atom. The van der Waals surface area contributed by atoms with Crippen LogP contribution >= 0.6 is 11.3 Å². The molecular formula is C30H43N8O11S2+. The van der Waals surface area contributed by atoms with E-state index in [9.17, 15) is 18.0 Å². The molecule has 1 unspecified atom stereocenters. The number of benzene rings is 1. The van der Waals surface area contributed by atoms with E-state index >= 15 is 0 Å². The Hall–Kier alpha value is -4.67. The van der Waals surface area contributed by atoms with Gasteiger partial charge >= 0.3 is 10.4 Å². The van der Waals surface area contributed by atoms with Gasteiger partial charge in [-0.1, -0.05) is 17.3 Å². The highest BCUT2D eigenvalue weighted by molar-refractivity contribution is 7.80. The molecule has 5 N–H and O–H groups in total. The number of carbonyl (C=O) groups is 3. The molecule has 1 aliphatic heterocycles. The van der Waals surface area contributed by atoms with E-state index in [0.29, 0.717) is 10.8 Å². The van der Waals surface area contributed by atoms with E-state index in [-0.39, 0.29) is 42.6 Å². The first-order chi connectivity index (χ1) is 24.1. The van der Waals surface area contributed by atoms with E-state index in [2.05, 4.69) is 31.9 Å². The van der Waals surface area contributed by atoms with E-state index in [1.807, 2.05) is 41.3 Å². The number of amides is 2. The number of hydrogen-bond donors (Lipinski definition) is 4. The van der Waals surface area contributed by atoms with Crippen LogP contribution in [0.2, 0.25) is 0 Å². The predicted molar refractivity (Wildman–Crippen MR) is 185 cm³/mol. The number of ether oxygens (including phenoxy) is 2. The van der Waals surface area contributed by atoms with Crippen molar-refractivity contribution in [3.63, 3.8) is 0 Å². The summed E-state index contributed by atoms with van der Waals surface area (Å²) in [5.41, 5.74) is 6.23. The zero-order valence-corrected chi connectivity index (χ0v) is 30.2. The number of nitrogens with zero attached hydrogens (tertiary/aromatic N) is 6. The largest absolute Gasteiger partial charge is 0.490 e. The summed E-state index contributed by atoms with van der Waals surface area (Å²) in [6, 6.07) is 6.64. The summed E-state index contributed by atoms with van der Waals surface area (Å²) in [4.78, 5) is 42.5. The Balaban J connectivity index is 0.00000226. The molecular weight excluding hydrogens is 713 g/mol. The second-order valence-electron chi connectivity index (χ2n) is 12.0. The van der Waals surface area contributed by atoms with Gasteiger partial charge in [0.1, 0.15) is 31.1 Å². The van der Waals surface area contributed by atoms with E-state index in [4.69, 9.17) is 34.5 Å². The van der Waals surface area contributed by atoms with E-state index in [1.165, 1.54) is 26.2 Å². The topological polar surface area (TPSA) is 247 Å². The van der Waals surface area contributed by atoms with E-state index < -0.39 is 27.9 Å². The number of thiazole rings is 1. The van der Waals surface area contributed by atoms with Crippen LogP contribution in [0.5, 0.6) is 5.75 Å². The zero-order chi connectivity index (χ0) is 37.7. The number of morpholine rings is 1. The van der Waals surface area contributed by atoms with Gasteiger partial charge in [-0.15, -0.1) is 15.6 Å². The Morgan fingerprint density at radius 3 is 2.49 bits per heavy atom. The van der Waals surface area contributed by atoms with Gasteiger partial charge in [-0.2, -0.15) is 18.6 Å². The molecule has 1 aliphatic rings. The second kappa shape index (κ2) is 18.5. The number of nitrogens with two attached hydrogens (primary N) is 1. The van der Waals surface area contributed by atoms with Gasteiger partial charge in [-0.3, -0.25) is 23.6 Å². The van der Waals surface area contributed by atoms with Gasteiger partial charge in [0.2, 0.25) is 6.41 Å². The van der Waals surface area contributed by atoms with Gasteiger partial charge in [0.05, 0.1) is 51.1 Å². The van der Waals surface area contributed by atoms with Crippen LogP contribution in [0.25, 0.3) is 11.1 Å². The summed E-state index contributed by atoms with van der Waals surface area (Å²) in [5.74, 6) is -0.146. The summed E-state index contributed by atoms with van der Waals surface area (Å²) < 4.78 is 49.9. The molecule has 0 spiro atoms. The average Bonchev–Trinajstić information content (AvgIpc) is 3.74. The summed E-state index contributed by atoms with van der Waals surface area (Å²) in [6.07, 6.45) is 3.94. The molecule has 1 aromatic carbocycles. The number of nitrogens with one attached hydrogen (secondary N) is 1. The van der Waals surface area contributed by atoms with Gasteiger partial charge in [0.15, 0.2) is 17.5 Å². The van der Waals surface area contributed by atoms with Crippen molar-refractivity contribution in [3.8, 4) is 16.9 Å². The summed E-state index contributed by atoms with van der Waals surface area (Å²) in [5, 5.41) is 20.0. The lowest BCUT2D eigenvalue weighted by Crippen LogP contribution is -2.58. The molecule has 3 aromatic rings. The maximum atomic E-state index is 13.2. The monoisotopic (exact) mass is 755 g/mol. The van der Waals surface area contributed by atoms with Crippen molar-refractivity contribution >= 4 is 51.4 Å². The first-order valence-corrected chi connectivity index (χ1v) is 17.7. The highest BCUT2D eigenvalue weighted by Crippen LogP contribution is 2.23. The molecule has 4 rings (SSSR count). The normalized spacial score (nSPS) is 15.1. The van der Waals surface area contributed by atoms with Crippen molar-refractivity contribution in [2.75, 3.05) is 58.8 Å². The lowest BCUT2D eigenvalue weighted by Gasteiger charge is -2.37. The number of carboxylic acid groups (broad SMARTS) is 1. The van der Waals surface area contributed by atoms with Crippen molar-refractivity contribution in [2.24, 2.45) is 5.16 Å². The van der Waals surface area contributed by atoms with Crippen LogP contribution < -0.4 is 15.8 Å². The number of oxime groups is 1. The average molecular weight is 756 g/mol. The maximum Gasteiger partial charge on any atom is 0.418 e. The molecule has 0 bridgehead atoms. The Morgan fingerprint density at radius 2 is 1.90 bits per heavy atom. The second-order valence-corrected chi connectivity index (χ2v) is 13.9. The summed E-state index contributed by atoms with van der Waals surface area (Å²) >= 11 is 1.09. The third-order valence-corrected chi connectivity index (χ3v) is 9.09. The summed E-state index contributed by atoms with van der Waals surface area (Å²) in [7, 11) is -2.75. The highest BCUT2D eigenvalue weighted by Gasteiger charge is 2.38. The fourth-order valence-corrected chi connectivity index (χ4v) is 5.60. The smallest absolute Gasteiger partial charge is 0.418 e. The number of aromatic nitrogens is 3. The Bertz CT molecular complexity index is 1720. The van der Waals surface area contributed by atoms with Gasteiger partial charge in [-0.25, -0.2) is 4.98 Å². The molecule has 0 saturated carbocycles. The molecule has 51 heavy (non-hydrogen) atoms. The van der Waals surface area contributed by atoms with Crippen LogP contribution in [0, 0.1) is 0 Å². The number of hydrogen-bond acceptors (Lipinski definition) is 14. The third kappa shape index (κ3) is 12.6. The standard InChI is InChI=1S/C29H40N8O9S2.CH2O2/c1-21(29(2,3)36(20-38)46-48(40,41)42)32-27(39)26(25-19-47-28(30)33-25)34-45-16-15-44-24-7-5-22(6-8-24)23-17-31-35(18-23)9-10-37(4)11-13-43-14-12-37;2-1-3/h5-8,17-21H,9-16H2,1-4H3,(H3-,30,32,33,39,40,41,42);1H,(H,2,3)/p+1/b34-26-;. The zero-order valence-electron chi connectivity index (χ0n) is 28.6. The SMILES string of the molecule is CC(NC(=O)/C(=N\OCCOc1ccc(-c2cnn(CC[N+]3(C)CCOCC3)c2)cc1)c1csc(N)n1)C(C)(C)N(C=O)OS(=O)(=O)O.O=CO. The number of likely N-dealkylation sites (N-methyl/N-ethyl adjacent to an activating group) is 1. The lowest BCUT2D eigenvalue weighted by molar-refractivity contribution is -0.917. The van der Waals surface area contributed by atoms with E-state index in [0.717, 1.165) is 66.3 Å². The van der Waals surface area contributed by atoms with Crippen LogP contribution in [0.3, 0.4) is 0 Å². The number of anilines is 1. The van der Waals surface area contributed by atoms with Crippen molar-refractivity contribution in [2.45, 2.75) is 38.9 Å². The van der Waals surface area contributed by atoms with Crippen LogP contribution in [-0.4, -0.2) is 132 Å². The van der Waals surface area contributed by atoms with Gasteiger partial charge in [0, 0.05) is 17.1 Å². The lowest BCUT2D eigenvalue weighted by atomic mass is 9.95. The number of nitrogen functional groups attached to an aromatic ring is 1. The molecule has 1 atom stereocenters. The molecule has 0 aliphatic carbocycles. The first kappa shape index (κ1) is 40.8. The molecule has 21 heteroatoms. The fraction of sp³-hybridized carbons (Fsp3) is 0.467. The molecule has 280 valence electrons. The molecule has 3 heterocycles. The number of rotatable bonds is 17. The Kier molecular flexibility index (Phi) is 14.8. The minimum atomic E-state index is -5.00. The van der Waals surface area contributed by atoms with Crippen LogP contribution in [-0.2, 0) is 45.2 Å². The van der Waals surface area contributed by atoms with Gasteiger partial charge < -0.3 is 35.0 Å². The molecule has 2 aromatic heterocycles. The van der Waals surface area contributed by atoms with Crippen molar-refractivity contribution in [1.82, 2.24) is 25.1 Å². The molecule has 1 fully saturated rings. The van der Waals surface area contributed by atoms with Crippen LogP contribution in [0.4, 0.5) is 5.13 Å². The third-order valence-electron chi connectivity index (χ3n) is 8.07.